The van der Waals surface area contributed by atoms with Gasteiger partial charge >= 0.3 is 0 Å². The van der Waals surface area contributed by atoms with Crippen LogP contribution < -0.4 is 5.73 Å². The molecule has 3 heteroatoms. The molecule has 0 spiro atoms. The van der Waals surface area contributed by atoms with E-state index in [0.29, 0.717) is 12.0 Å². The Labute approximate surface area is 115 Å². The quantitative estimate of drug-likeness (QED) is 0.907. The summed E-state index contributed by atoms with van der Waals surface area (Å²) in [4.78, 5) is 14.4. The lowest BCUT2D eigenvalue weighted by atomic mass is 9.82. The molecule has 1 fully saturated rings. The van der Waals surface area contributed by atoms with Gasteiger partial charge in [-0.3, -0.25) is 4.79 Å². The Hall–Kier alpha value is -1.35. The third-order valence-corrected chi connectivity index (χ3v) is 4.01. The molecule has 0 unspecified atom stereocenters. The van der Waals surface area contributed by atoms with Crippen LogP contribution in [0.3, 0.4) is 0 Å². The van der Waals surface area contributed by atoms with Gasteiger partial charge in [0.25, 0.3) is 5.91 Å². The normalized spacial score (nSPS) is 18.4. The fourth-order valence-electron chi connectivity index (χ4n) is 2.52. The maximum absolute atomic E-state index is 12.5. The molecule has 2 N–H and O–H groups in total. The van der Waals surface area contributed by atoms with Crippen molar-refractivity contribution in [2.75, 3.05) is 19.6 Å². The number of piperidine rings is 1. The zero-order chi connectivity index (χ0) is 13.9. The number of nitrogens with zero attached hydrogens (tertiary/aromatic N) is 1. The lowest BCUT2D eigenvalue weighted by Crippen LogP contribution is -2.41. The second-order valence-electron chi connectivity index (χ2n) is 6.20. The summed E-state index contributed by atoms with van der Waals surface area (Å²) in [6, 6.07) is 7.87. The molecule has 0 aliphatic carbocycles. The van der Waals surface area contributed by atoms with Crippen molar-refractivity contribution in [1.29, 1.82) is 0 Å². The van der Waals surface area contributed by atoms with E-state index in [1.54, 1.807) is 0 Å². The molecule has 1 aliphatic rings. The second-order valence-corrected chi connectivity index (χ2v) is 6.20. The smallest absolute Gasteiger partial charge is 0.253 e. The minimum absolute atomic E-state index is 0.161. The van der Waals surface area contributed by atoms with Crippen LogP contribution in [0.2, 0.25) is 0 Å². The van der Waals surface area contributed by atoms with Crippen LogP contribution in [0.5, 0.6) is 0 Å². The van der Waals surface area contributed by atoms with Gasteiger partial charge in [0.1, 0.15) is 0 Å². The first-order valence-corrected chi connectivity index (χ1v) is 7.10. The molecule has 1 heterocycles. The summed E-state index contributed by atoms with van der Waals surface area (Å²) >= 11 is 0. The molecule has 0 aromatic heterocycles. The first-order chi connectivity index (χ1) is 9.02. The molecule has 0 saturated carbocycles. The maximum atomic E-state index is 12.5. The van der Waals surface area contributed by atoms with Crippen LogP contribution in [0.4, 0.5) is 0 Å². The van der Waals surface area contributed by atoms with Crippen LogP contribution in [0, 0.1) is 5.41 Å². The minimum atomic E-state index is 0.161. The first-order valence-electron chi connectivity index (χ1n) is 7.10. The van der Waals surface area contributed by atoms with Crippen molar-refractivity contribution in [3.8, 4) is 0 Å². The first kappa shape index (κ1) is 14.1. The van der Waals surface area contributed by atoms with Crippen molar-refractivity contribution in [3.63, 3.8) is 0 Å². The predicted octanol–water partition coefficient (Wildman–Crippen LogP) is 2.45. The van der Waals surface area contributed by atoms with Gasteiger partial charge in [0.2, 0.25) is 0 Å². The maximum Gasteiger partial charge on any atom is 0.253 e. The molecule has 1 aromatic carbocycles. The van der Waals surface area contributed by atoms with Crippen molar-refractivity contribution in [2.45, 2.75) is 33.1 Å². The number of amides is 1. The molecule has 1 aliphatic heterocycles. The third kappa shape index (κ3) is 3.57. The number of hydrogen-bond acceptors (Lipinski definition) is 2. The zero-order valence-corrected chi connectivity index (χ0v) is 12.0. The Kier molecular flexibility index (Phi) is 4.25. The molecule has 1 aromatic rings. The lowest BCUT2D eigenvalue weighted by Gasteiger charge is -2.37. The number of nitrogens with two attached hydrogens (primary N) is 1. The van der Waals surface area contributed by atoms with E-state index in [4.69, 9.17) is 5.73 Å². The van der Waals surface area contributed by atoms with E-state index in [9.17, 15) is 4.79 Å². The monoisotopic (exact) mass is 260 g/mol. The second kappa shape index (κ2) is 5.74. The molecule has 1 saturated heterocycles. The van der Waals surface area contributed by atoms with E-state index >= 15 is 0 Å². The van der Waals surface area contributed by atoms with E-state index in [-0.39, 0.29) is 5.91 Å². The Bertz CT molecular complexity index is 444. The van der Waals surface area contributed by atoms with Crippen molar-refractivity contribution in [3.05, 3.63) is 35.4 Å². The summed E-state index contributed by atoms with van der Waals surface area (Å²) in [6.45, 7) is 6.91. The van der Waals surface area contributed by atoms with E-state index in [1.807, 2.05) is 29.2 Å². The number of benzene rings is 1. The molecular weight excluding hydrogens is 236 g/mol. The van der Waals surface area contributed by atoms with Gasteiger partial charge in [-0.1, -0.05) is 26.0 Å². The molecular formula is C16H24N2O. The highest BCUT2D eigenvalue weighted by Crippen LogP contribution is 2.30. The summed E-state index contributed by atoms with van der Waals surface area (Å²) in [5.41, 5.74) is 7.88. The SMILES string of the molecule is CC1(C)CCN(C(=O)c2cccc(CCN)c2)CC1. The van der Waals surface area contributed by atoms with Gasteiger partial charge in [-0.05, 0) is 48.9 Å². The van der Waals surface area contributed by atoms with E-state index < -0.39 is 0 Å². The van der Waals surface area contributed by atoms with Crippen molar-refractivity contribution in [1.82, 2.24) is 4.90 Å². The molecule has 19 heavy (non-hydrogen) atoms. The topological polar surface area (TPSA) is 46.3 Å². The number of carbonyl (C=O) groups excluding carboxylic acids is 1. The summed E-state index contributed by atoms with van der Waals surface area (Å²) in [5, 5.41) is 0. The van der Waals surface area contributed by atoms with Gasteiger partial charge in [0.15, 0.2) is 0 Å². The highest BCUT2D eigenvalue weighted by molar-refractivity contribution is 5.94. The predicted molar refractivity (Wildman–Crippen MR) is 78.1 cm³/mol. The van der Waals surface area contributed by atoms with Crippen molar-refractivity contribution < 1.29 is 4.79 Å². The van der Waals surface area contributed by atoms with E-state index in [0.717, 1.165) is 43.5 Å². The summed E-state index contributed by atoms with van der Waals surface area (Å²) < 4.78 is 0. The van der Waals surface area contributed by atoms with Crippen LogP contribution in [-0.2, 0) is 6.42 Å². The lowest BCUT2D eigenvalue weighted by molar-refractivity contribution is 0.0630. The van der Waals surface area contributed by atoms with Crippen LogP contribution >= 0.6 is 0 Å². The number of hydrogen-bond donors (Lipinski definition) is 1. The third-order valence-electron chi connectivity index (χ3n) is 4.01. The largest absolute Gasteiger partial charge is 0.339 e. The molecule has 0 atom stereocenters. The van der Waals surface area contributed by atoms with Gasteiger partial charge < -0.3 is 10.6 Å². The Morgan fingerprint density at radius 2 is 2.00 bits per heavy atom. The van der Waals surface area contributed by atoms with Gasteiger partial charge in [-0.2, -0.15) is 0 Å². The van der Waals surface area contributed by atoms with Crippen LogP contribution in [-0.4, -0.2) is 30.4 Å². The van der Waals surface area contributed by atoms with Crippen molar-refractivity contribution in [2.24, 2.45) is 11.1 Å². The molecule has 2 rings (SSSR count). The van der Waals surface area contributed by atoms with Crippen LogP contribution in [0.15, 0.2) is 24.3 Å². The Morgan fingerprint density at radius 1 is 1.32 bits per heavy atom. The minimum Gasteiger partial charge on any atom is -0.339 e. The Morgan fingerprint density at radius 3 is 2.63 bits per heavy atom. The zero-order valence-electron chi connectivity index (χ0n) is 12.0. The fraction of sp³-hybridized carbons (Fsp3) is 0.562. The van der Waals surface area contributed by atoms with E-state index in [2.05, 4.69) is 13.8 Å². The molecule has 0 bridgehead atoms. The highest BCUT2D eigenvalue weighted by atomic mass is 16.2. The standard InChI is InChI=1S/C16H24N2O/c1-16(2)7-10-18(11-8-16)15(19)14-5-3-4-13(12-14)6-9-17/h3-5,12H,6-11,17H2,1-2H3. The fourth-order valence-corrected chi connectivity index (χ4v) is 2.52. The molecule has 104 valence electrons. The molecule has 0 radical (unpaired) electrons. The summed E-state index contributed by atoms with van der Waals surface area (Å²) in [5.74, 6) is 0.161. The van der Waals surface area contributed by atoms with Gasteiger partial charge in [0.05, 0.1) is 0 Å². The number of likely N-dealkylation sites (tertiary alicyclic amines) is 1. The summed E-state index contributed by atoms with van der Waals surface area (Å²) in [7, 11) is 0. The molecule has 1 amide bonds. The average Bonchev–Trinajstić information content (AvgIpc) is 2.39. The van der Waals surface area contributed by atoms with Gasteiger partial charge in [-0.25, -0.2) is 0 Å². The summed E-state index contributed by atoms with van der Waals surface area (Å²) in [6.07, 6.45) is 3.00. The molecule has 3 nitrogen and oxygen atoms in total. The number of carbonyl (C=O) groups is 1. The Balaban J connectivity index is 2.05. The van der Waals surface area contributed by atoms with Crippen LogP contribution in [0.25, 0.3) is 0 Å². The average molecular weight is 260 g/mol. The van der Waals surface area contributed by atoms with Crippen LogP contribution in [0.1, 0.15) is 42.6 Å². The number of rotatable bonds is 3. The van der Waals surface area contributed by atoms with Gasteiger partial charge in [0, 0.05) is 18.7 Å². The highest BCUT2D eigenvalue weighted by Gasteiger charge is 2.28. The van der Waals surface area contributed by atoms with Gasteiger partial charge in [-0.15, -0.1) is 0 Å². The van der Waals surface area contributed by atoms with Crippen molar-refractivity contribution >= 4 is 5.91 Å². The van der Waals surface area contributed by atoms with E-state index in [1.165, 1.54) is 0 Å².